The van der Waals surface area contributed by atoms with Crippen LogP contribution in [0.25, 0.3) is 0 Å². The molecule has 0 bridgehead atoms. The first-order valence-electron chi connectivity index (χ1n) is 4.44. The number of carbonyl (C=O) groups is 1. The molecule has 1 amide bonds. The highest BCUT2D eigenvalue weighted by molar-refractivity contribution is 5.91. The smallest absolute Gasteiger partial charge is 0.228 e. The third-order valence-electron chi connectivity index (χ3n) is 2.02. The Morgan fingerprint density at radius 2 is 2.31 bits per heavy atom. The van der Waals surface area contributed by atoms with E-state index < -0.39 is 0 Å². The first-order chi connectivity index (χ1) is 6.27. The lowest BCUT2D eigenvalue weighted by Crippen LogP contribution is -2.21. The maximum absolute atomic E-state index is 11.5. The van der Waals surface area contributed by atoms with Crippen molar-refractivity contribution in [3.05, 3.63) is 6.20 Å². The number of H-pyrrole nitrogens is 1. The van der Waals surface area contributed by atoms with Gasteiger partial charge in [-0.1, -0.05) is 13.8 Å². The summed E-state index contributed by atoms with van der Waals surface area (Å²) in [7, 11) is 0. The molecule has 0 spiro atoms. The van der Waals surface area contributed by atoms with Crippen LogP contribution >= 0.6 is 0 Å². The summed E-state index contributed by atoms with van der Waals surface area (Å²) in [5.41, 5.74) is 0. The van der Waals surface area contributed by atoms with Gasteiger partial charge in [0.2, 0.25) is 5.91 Å². The number of hydrogen-bond donors (Lipinski definition) is 2. The zero-order valence-corrected chi connectivity index (χ0v) is 7.87. The van der Waals surface area contributed by atoms with Crippen LogP contribution in [-0.4, -0.2) is 21.3 Å². The first kappa shape index (κ1) is 9.70. The van der Waals surface area contributed by atoms with Crippen molar-refractivity contribution in [1.82, 2.24) is 15.4 Å². The topological polar surface area (TPSA) is 70.7 Å². The van der Waals surface area contributed by atoms with Gasteiger partial charge in [0.1, 0.15) is 0 Å². The molecule has 0 atom stereocenters. The fraction of sp³-hybridized carbons (Fsp3) is 0.625. The van der Waals surface area contributed by atoms with Crippen LogP contribution in [0.4, 0.5) is 5.82 Å². The predicted molar refractivity (Wildman–Crippen MR) is 49.1 cm³/mol. The number of aromatic nitrogens is 3. The van der Waals surface area contributed by atoms with Crippen molar-refractivity contribution < 1.29 is 4.79 Å². The molecule has 0 aliphatic carbocycles. The number of amides is 1. The summed E-state index contributed by atoms with van der Waals surface area (Å²) < 4.78 is 0. The van der Waals surface area contributed by atoms with Gasteiger partial charge in [-0.3, -0.25) is 4.79 Å². The lowest BCUT2D eigenvalue weighted by Gasteiger charge is -2.10. The van der Waals surface area contributed by atoms with Crippen LogP contribution in [-0.2, 0) is 4.79 Å². The van der Waals surface area contributed by atoms with Crippen LogP contribution < -0.4 is 5.32 Å². The van der Waals surface area contributed by atoms with E-state index in [4.69, 9.17) is 0 Å². The third-order valence-corrected chi connectivity index (χ3v) is 2.02. The van der Waals surface area contributed by atoms with Crippen LogP contribution in [0.15, 0.2) is 6.20 Å². The second kappa shape index (κ2) is 4.59. The van der Waals surface area contributed by atoms with E-state index in [9.17, 15) is 4.79 Å². The maximum Gasteiger partial charge on any atom is 0.228 e. The Bertz CT molecular complexity index is 253. The maximum atomic E-state index is 11.5. The summed E-state index contributed by atoms with van der Waals surface area (Å²) in [5, 5.41) is 12.4. The number of aromatic amines is 1. The molecule has 0 radical (unpaired) electrons. The van der Waals surface area contributed by atoms with Crippen molar-refractivity contribution >= 4 is 11.7 Å². The van der Waals surface area contributed by atoms with Crippen molar-refractivity contribution in [2.45, 2.75) is 26.7 Å². The van der Waals surface area contributed by atoms with E-state index in [1.54, 1.807) is 0 Å². The molecule has 0 saturated carbocycles. The Labute approximate surface area is 76.9 Å². The molecule has 2 N–H and O–H groups in total. The zero-order chi connectivity index (χ0) is 9.68. The van der Waals surface area contributed by atoms with Gasteiger partial charge in [0.15, 0.2) is 5.82 Å². The summed E-state index contributed by atoms with van der Waals surface area (Å²) in [6.07, 6.45) is 3.18. The van der Waals surface area contributed by atoms with Crippen molar-refractivity contribution in [2.75, 3.05) is 5.32 Å². The van der Waals surface area contributed by atoms with E-state index in [2.05, 4.69) is 20.7 Å². The predicted octanol–water partition coefficient (Wildman–Crippen LogP) is 1.18. The van der Waals surface area contributed by atoms with Gasteiger partial charge in [-0.25, -0.2) is 0 Å². The molecule has 5 heteroatoms. The average molecular weight is 182 g/mol. The van der Waals surface area contributed by atoms with E-state index in [0.29, 0.717) is 5.82 Å². The van der Waals surface area contributed by atoms with Crippen molar-refractivity contribution in [3.63, 3.8) is 0 Å². The SMILES string of the molecule is CCC(CC)C(=O)Nc1cn[nH]n1. The van der Waals surface area contributed by atoms with Crippen molar-refractivity contribution in [1.29, 1.82) is 0 Å². The molecular weight excluding hydrogens is 168 g/mol. The van der Waals surface area contributed by atoms with Gasteiger partial charge in [-0.05, 0) is 12.8 Å². The number of nitrogens with one attached hydrogen (secondary N) is 2. The lowest BCUT2D eigenvalue weighted by atomic mass is 10.0. The lowest BCUT2D eigenvalue weighted by molar-refractivity contribution is -0.120. The highest BCUT2D eigenvalue weighted by Crippen LogP contribution is 2.10. The summed E-state index contributed by atoms with van der Waals surface area (Å²) in [4.78, 5) is 11.5. The van der Waals surface area contributed by atoms with Gasteiger partial charge >= 0.3 is 0 Å². The summed E-state index contributed by atoms with van der Waals surface area (Å²) in [6, 6.07) is 0. The molecule has 0 aromatic carbocycles. The van der Waals surface area contributed by atoms with Crippen LogP contribution in [0.3, 0.4) is 0 Å². The molecule has 0 unspecified atom stereocenters. The van der Waals surface area contributed by atoms with Gasteiger partial charge in [-0.2, -0.15) is 10.3 Å². The molecule has 13 heavy (non-hydrogen) atoms. The third kappa shape index (κ3) is 2.54. The Kier molecular flexibility index (Phi) is 3.42. The standard InChI is InChI=1S/C8H14N4O/c1-3-6(4-2)8(13)10-7-5-9-12-11-7/h5-6H,3-4H2,1-2H3,(H2,9,10,11,12,13). The van der Waals surface area contributed by atoms with Gasteiger partial charge < -0.3 is 5.32 Å². The molecule has 1 heterocycles. The summed E-state index contributed by atoms with van der Waals surface area (Å²) in [5.74, 6) is 0.563. The molecule has 1 rings (SSSR count). The van der Waals surface area contributed by atoms with Gasteiger partial charge in [0, 0.05) is 5.92 Å². The minimum absolute atomic E-state index is 0.0129. The summed E-state index contributed by atoms with van der Waals surface area (Å²) >= 11 is 0. The second-order valence-electron chi connectivity index (χ2n) is 2.86. The van der Waals surface area contributed by atoms with Crippen LogP contribution in [0.1, 0.15) is 26.7 Å². The minimum atomic E-state index is 0.0129. The molecule has 72 valence electrons. The van der Waals surface area contributed by atoms with Crippen LogP contribution in [0, 0.1) is 5.92 Å². The molecule has 0 saturated heterocycles. The number of nitrogens with zero attached hydrogens (tertiary/aromatic N) is 2. The molecule has 5 nitrogen and oxygen atoms in total. The van der Waals surface area contributed by atoms with Gasteiger partial charge in [-0.15, -0.1) is 5.10 Å². The van der Waals surface area contributed by atoms with E-state index >= 15 is 0 Å². The largest absolute Gasteiger partial charge is 0.308 e. The molecule has 0 aliphatic heterocycles. The number of anilines is 1. The van der Waals surface area contributed by atoms with E-state index in [1.165, 1.54) is 6.20 Å². The second-order valence-corrected chi connectivity index (χ2v) is 2.86. The normalized spacial score (nSPS) is 10.4. The number of rotatable bonds is 4. The van der Waals surface area contributed by atoms with Gasteiger partial charge in [0.25, 0.3) is 0 Å². The van der Waals surface area contributed by atoms with Gasteiger partial charge in [0.05, 0.1) is 6.20 Å². The fourth-order valence-corrected chi connectivity index (χ4v) is 1.15. The highest BCUT2D eigenvalue weighted by atomic mass is 16.1. The summed E-state index contributed by atoms with van der Waals surface area (Å²) in [6.45, 7) is 3.99. The Morgan fingerprint density at radius 3 is 2.77 bits per heavy atom. The molecule has 1 aromatic heterocycles. The highest BCUT2D eigenvalue weighted by Gasteiger charge is 2.14. The molecule has 0 fully saturated rings. The average Bonchev–Trinajstić information content (AvgIpc) is 2.59. The van der Waals surface area contributed by atoms with E-state index in [-0.39, 0.29) is 11.8 Å². The fourth-order valence-electron chi connectivity index (χ4n) is 1.15. The van der Waals surface area contributed by atoms with E-state index in [1.807, 2.05) is 13.8 Å². The quantitative estimate of drug-likeness (QED) is 0.734. The Morgan fingerprint density at radius 1 is 1.62 bits per heavy atom. The number of carbonyl (C=O) groups excluding carboxylic acids is 1. The van der Waals surface area contributed by atoms with Crippen molar-refractivity contribution in [3.8, 4) is 0 Å². The zero-order valence-electron chi connectivity index (χ0n) is 7.87. The number of hydrogen-bond acceptors (Lipinski definition) is 3. The Hall–Kier alpha value is -1.39. The van der Waals surface area contributed by atoms with E-state index in [0.717, 1.165) is 12.8 Å². The minimum Gasteiger partial charge on any atom is -0.308 e. The molecule has 0 aliphatic rings. The molecule has 1 aromatic rings. The van der Waals surface area contributed by atoms with Crippen LogP contribution in [0.5, 0.6) is 0 Å². The Balaban J connectivity index is 2.49. The van der Waals surface area contributed by atoms with Crippen LogP contribution in [0.2, 0.25) is 0 Å². The first-order valence-corrected chi connectivity index (χ1v) is 4.44. The monoisotopic (exact) mass is 182 g/mol. The molecular formula is C8H14N4O. The van der Waals surface area contributed by atoms with Crippen molar-refractivity contribution in [2.24, 2.45) is 5.92 Å².